The first-order valence-corrected chi connectivity index (χ1v) is 8.01. The van der Waals surface area contributed by atoms with E-state index in [0.29, 0.717) is 36.0 Å². The van der Waals surface area contributed by atoms with Crippen LogP contribution in [0.3, 0.4) is 0 Å². The number of hydrogen-bond acceptors (Lipinski definition) is 4. The van der Waals surface area contributed by atoms with Gasteiger partial charge in [-0.15, -0.1) is 0 Å². The molecule has 116 valence electrons. The quantitative estimate of drug-likeness (QED) is 0.906. The fraction of sp³-hybridized carbons (Fsp3) is 0.625. The second kappa shape index (κ2) is 6.42. The largest absolute Gasteiger partial charge is 0.486 e. The van der Waals surface area contributed by atoms with Crippen LogP contribution in [0.25, 0.3) is 0 Å². The minimum Gasteiger partial charge on any atom is -0.486 e. The van der Waals surface area contributed by atoms with E-state index in [1.807, 2.05) is 19.1 Å². The zero-order chi connectivity index (χ0) is 14.8. The molecule has 0 saturated heterocycles. The molecule has 0 bridgehead atoms. The molecule has 2 N–H and O–H groups in total. The summed E-state index contributed by atoms with van der Waals surface area (Å²) in [6.07, 6.45) is 3.55. The van der Waals surface area contributed by atoms with Gasteiger partial charge >= 0.3 is 0 Å². The molecule has 1 saturated carbocycles. The minimum atomic E-state index is -0.0686. The predicted octanol–water partition coefficient (Wildman–Crippen LogP) is 3.32. The molecule has 1 aromatic carbocycles. The van der Waals surface area contributed by atoms with E-state index in [1.165, 1.54) is 0 Å². The van der Waals surface area contributed by atoms with Gasteiger partial charge in [-0.2, -0.15) is 0 Å². The molecule has 21 heavy (non-hydrogen) atoms. The van der Waals surface area contributed by atoms with Gasteiger partial charge in [-0.3, -0.25) is 0 Å². The monoisotopic (exact) mass is 311 g/mol. The third kappa shape index (κ3) is 3.28. The average Bonchev–Trinajstić information content (AvgIpc) is 2.44. The summed E-state index contributed by atoms with van der Waals surface area (Å²) in [5.74, 6) is 2.08. The van der Waals surface area contributed by atoms with E-state index in [1.54, 1.807) is 0 Å². The zero-order valence-electron chi connectivity index (χ0n) is 12.3. The first-order valence-electron chi connectivity index (χ1n) is 7.63. The van der Waals surface area contributed by atoms with Crippen LogP contribution in [-0.4, -0.2) is 25.9 Å². The Balaban J connectivity index is 1.63. The van der Waals surface area contributed by atoms with Crippen LogP contribution in [-0.2, 0) is 4.74 Å². The molecule has 1 unspecified atom stereocenters. The van der Waals surface area contributed by atoms with Gasteiger partial charge in [-0.05, 0) is 43.7 Å². The molecule has 0 spiro atoms. The fourth-order valence-electron chi connectivity index (χ4n) is 3.09. The molecule has 0 amide bonds. The molecule has 4 nitrogen and oxygen atoms in total. The first-order chi connectivity index (χ1) is 10.2. The van der Waals surface area contributed by atoms with E-state index in [9.17, 15) is 0 Å². The van der Waals surface area contributed by atoms with Gasteiger partial charge in [0.2, 0.25) is 0 Å². The van der Waals surface area contributed by atoms with Crippen LogP contribution in [0.4, 0.5) is 0 Å². The third-order valence-corrected chi connectivity index (χ3v) is 4.57. The fourth-order valence-corrected chi connectivity index (χ4v) is 3.38. The maximum Gasteiger partial charge on any atom is 0.162 e. The van der Waals surface area contributed by atoms with E-state index in [2.05, 4.69) is 0 Å². The highest BCUT2D eigenvalue weighted by Gasteiger charge is 2.31. The third-order valence-electron chi connectivity index (χ3n) is 4.24. The van der Waals surface area contributed by atoms with Crippen LogP contribution in [0.5, 0.6) is 11.5 Å². The Kier molecular flexibility index (Phi) is 4.57. The van der Waals surface area contributed by atoms with Crippen LogP contribution in [0, 0.1) is 5.92 Å². The van der Waals surface area contributed by atoms with Crippen molar-refractivity contribution in [2.24, 2.45) is 11.7 Å². The molecule has 1 aliphatic heterocycles. The Morgan fingerprint density at radius 2 is 1.95 bits per heavy atom. The molecule has 0 radical (unpaired) electrons. The number of fused-ring (bicyclic) bond motifs is 1. The first kappa shape index (κ1) is 14.9. The molecule has 2 aliphatic rings. The summed E-state index contributed by atoms with van der Waals surface area (Å²) in [5.41, 5.74) is 7.28. The number of halogens is 1. The number of rotatable bonds is 5. The molecular formula is C16H22ClNO3. The van der Waals surface area contributed by atoms with E-state index >= 15 is 0 Å². The average molecular weight is 312 g/mol. The summed E-state index contributed by atoms with van der Waals surface area (Å²) in [6, 6.07) is 3.68. The lowest BCUT2D eigenvalue weighted by atomic mass is 9.77. The number of benzene rings is 1. The lowest BCUT2D eigenvalue weighted by Gasteiger charge is -2.36. The highest BCUT2D eigenvalue weighted by Crippen LogP contribution is 2.41. The SMILES string of the molecule is CCOC1CC(CC(N)c2cc3c(cc2Cl)OCCO3)C1. The highest BCUT2D eigenvalue weighted by atomic mass is 35.5. The molecule has 1 fully saturated rings. The Morgan fingerprint density at radius 3 is 2.62 bits per heavy atom. The van der Waals surface area contributed by atoms with Crippen LogP contribution < -0.4 is 15.2 Å². The molecule has 0 aromatic heterocycles. The summed E-state index contributed by atoms with van der Waals surface area (Å²) < 4.78 is 16.7. The molecule has 5 heteroatoms. The molecule has 1 atom stereocenters. The number of ether oxygens (including phenoxy) is 3. The molecule has 3 rings (SSSR count). The van der Waals surface area contributed by atoms with E-state index in [4.69, 9.17) is 31.5 Å². The van der Waals surface area contributed by atoms with Crippen molar-refractivity contribution < 1.29 is 14.2 Å². The smallest absolute Gasteiger partial charge is 0.162 e. The van der Waals surface area contributed by atoms with Crippen molar-refractivity contribution in [2.75, 3.05) is 19.8 Å². The second-order valence-electron chi connectivity index (χ2n) is 5.77. The van der Waals surface area contributed by atoms with Crippen molar-refractivity contribution in [1.82, 2.24) is 0 Å². The van der Waals surface area contributed by atoms with Gasteiger partial charge < -0.3 is 19.9 Å². The summed E-state index contributed by atoms with van der Waals surface area (Å²) in [6.45, 7) is 3.96. The van der Waals surface area contributed by atoms with Crippen molar-refractivity contribution in [3.63, 3.8) is 0 Å². The van der Waals surface area contributed by atoms with Crippen LogP contribution >= 0.6 is 11.6 Å². The van der Waals surface area contributed by atoms with Crippen molar-refractivity contribution >= 4 is 11.6 Å². The Labute approximate surface area is 130 Å². The Bertz CT molecular complexity index is 503. The molecule has 1 aromatic rings. The number of hydrogen-bond donors (Lipinski definition) is 1. The predicted molar refractivity (Wildman–Crippen MR) is 82.1 cm³/mol. The van der Waals surface area contributed by atoms with E-state index in [-0.39, 0.29) is 6.04 Å². The van der Waals surface area contributed by atoms with Crippen LogP contribution in [0.1, 0.15) is 37.8 Å². The van der Waals surface area contributed by atoms with Gasteiger partial charge in [0.1, 0.15) is 13.2 Å². The lowest BCUT2D eigenvalue weighted by Crippen LogP contribution is -2.33. The lowest BCUT2D eigenvalue weighted by molar-refractivity contribution is -0.0282. The van der Waals surface area contributed by atoms with Gasteiger partial charge in [0.05, 0.1) is 6.10 Å². The second-order valence-corrected chi connectivity index (χ2v) is 6.18. The van der Waals surface area contributed by atoms with Gasteiger partial charge in [0.25, 0.3) is 0 Å². The van der Waals surface area contributed by atoms with Crippen molar-refractivity contribution in [3.05, 3.63) is 22.7 Å². The number of nitrogens with two attached hydrogens (primary N) is 1. The van der Waals surface area contributed by atoms with Gasteiger partial charge in [0.15, 0.2) is 11.5 Å². The summed E-state index contributed by atoms with van der Waals surface area (Å²) in [4.78, 5) is 0. The summed E-state index contributed by atoms with van der Waals surface area (Å²) >= 11 is 6.34. The topological polar surface area (TPSA) is 53.7 Å². The van der Waals surface area contributed by atoms with Crippen LogP contribution in [0.15, 0.2) is 12.1 Å². The standard InChI is InChI=1S/C16H22ClNO3/c1-2-19-11-5-10(6-11)7-14(18)12-8-15-16(9-13(12)17)21-4-3-20-15/h8-11,14H,2-7,18H2,1H3. The Morgan fingerprint density at radius 1 is 1.29 bits per heavy atom. The van der Waals surface area contributed by atoms with Gasteiger partial charge in [0, 0.05) is 23.7 Å². The maximum atomic E-state index is 6.34. The van der Waals surface area contributed by atoms with Crippen molar-refractivity contribution in [3.8, 4) is 11.5 Å². The molecular weight excluding hydrogens is 290 g/mol. The van der Waals surface area contributed by atoms with Crippen LogP contribution in [0.2, 0.25) is 5.02 Å². The summed E-state index contributed by atoms with van der Waals surface area (Å²) in [7, 11) is 0. The van der Waals surface area contributed by atoms with Crippen molar-refractivity contribution in [2.45, 2.75) is 38.3 Å². The highest BCUT2D eigenvalue weighted by molar-refractivity contribution is 6.31. The normalized spacial score (nSPS) is 25.3. The maximum absolute atomic E-state index is 6.34. The van der Waals surface area contributed by atoms with E-state index in [0.717, 1.165) is 37.2 Å². The minimum absolute atomic E-state index is 0.0686. The molecule has 1 aliphatic carbocycles. The van der Waals surface area contributed by atoms with Gasteiger partial charge in [-0.1, -0.05) is 11.6 Å². The van der Waals surface area contributed by atoms with E-state index < -0.39 is 0 Å². The molecule has 1 heterocycles. The Hall–Kier alpha value is -0.970. The van der Waals surface area contributed by atoms with Gasteiger partial charge in [-0.25, -0.2) is 0 Å². The van der Waals surface area contributed by atoms with Crippen molar-refractivity contribution in [1.29, 1.82) is 0 Å². The summed E-state index contributed by atoms with van der Waals surface area (Å²) in [5, 5.41) is 0.660. The zero-order valence-corrected chi connectivity index (χ0v) is 13.1.